The highest BCUT2D eigenvalue weighted by atomic mass is 15.4. The van der Waals surface area contributed by atoms with Crippen molar-refractivity contribution in [2.45, 2.75) is 19.6 Å². The predicted molar refractivity (Wildman–Crippen MR) is 92.8 cm³/mol. The third kappa shape index (κ3) is 2.35. The number of hydrogen-bond donors (Lipinski definition) is 1. The summed E-state index contributed by atoms with van der Waals surface area (Å²) in [5, 5.41) is 9.45. The second-order valence-corrected chi connectivity index (χ2v) is 6.07. The largest absolute Gasteiger partial charge is 0.362 e. The Bertz CT molecular complexity index is 885. The van der Waals surface area contributed by atoms with Crippen molar-refractivity contribution in [3.63, 3.8) is 0 Å². The van der Waals surface area contributed by atoms with Gasteiger partial charge in [-0.3, -0.25) is 0 Å². The van der Waals surface area contributed by atoms with Gasteiger partial charge >= 0.3 is 0 Å². The molecule has 124 valence electrons. The van der Waals surface area contributed by atoms with Gasteiger partial charge in [0, 0.05) is 32.6 Å². The van der Waals surface area contributed by atoms with Crippen molar-refractivity contribution in [2.24, 2.45) is 5.73 Å². The van der Waals surface area contributed by atoms with E-state index in [0.29, 0.717) is 13.1 Å². The first-order chi connectivity index (χ1) is 11.7. The molecule has 0 radical (unpaired) electrons. The molecule has 0 atom stereocenters. The second-order valence-electron chi connectivity index (χ2n) is 6.07. The van der Waals surface area contributed by atoms with Crippen LogP contribution in [0.25, 0.3) is 10.9 Å². The molecule has 24 heavy (non-hydrogen) atoms. The van der Waals surface area contributed by atoms with Crippen molar-refractivity contribution in [3.8, 4) is 0 Å². The van der Waals surface area contributed by atoms with E-state index >= 15 is 0 Å². The number of nitrogens with two attached hydrogens (primary N) is 1. The quantitative estimate of drug-likeness (QED) is 0.761. The molecule has 3 heterocycles. The van der Waals surface area contributed by atoms with E-state index < -0.39 is 0 Å². The minimum atomic E-state index is 0.407. The summed E-state index contributed by atoms with van der Waals surface area (Å²) in [5.74, 6) is 3.38. The van der Waals surface area contributed by atoms with Crippen LogP contribution in [0.1, 0.15) is 11.6 Å². The Kier molecular flexibility index (Phi) is 3.53. The van der Waals surface area contributed by atoms with Crippen LogP contribution < -0.4 is 15.5 Å². The number of hydrogen-bond acceptors (Lipinski definition) is 7. The molecule has 0 aliphatic carbocycles. The Morgan fingerprint density at radius 1 is 1.12 bits per heavy atom. The molecule has 2 N–H and O–H groups in total. The third-order valence-electron chi connectivity index (χ3n) is 4.29. The van der Waals surface area contributed by atoms with Gasteiger partial charge in [0.25, 0.3) is 0 Å². The molecule has 1 aromatic carbocycles. The van der Waals surface area contributed by atoms with Gasteiger partial charge < -0.3 is 20.1 Å². The highest BCUT2D eigenvalue weighted by Crippen LogP contribution is 2.26. The average molecular weight is 324 g/mol. The predicted octanol–water partition coefficient (Wildman–Crippen LogP) is 0.766. The van der Waals surface area contributed by atoms with Gasteiger partial charge in [-0.05, 0) is 12.1 Å². The zero-order chi connectivity index (χ0) is 16.7. The van der Waals surface area contributed by atoms with Crippen LogP contribution in [0.5, 0.6) is 0 Å². The number of para-hydroxylation sites is 1. The van der Waals surface area contributed by atoms with Crippen molar-refractivity contribution in [2.75, 3.05) is 30.4 Å². The summed E-state index contributed by atoms with van der Waals surface area (Å²) in [7, 11) is 4.00. The molecule has 0 saturated carbocycles. The lowest BCUT2D eigenvalue weighted by Gasteiger charge is -2.28. The van der Waals surface area contributed by atoms with Gasteiger partial charge in [0.1, 0.15) is 11.6 Å². The molecule has 4 rings (SSSR count). The number of fused-ring (bicyclic) bond motifs is 2. The van der Waals surface area contributed by atoms with Gasteiger partial charge in [0.2, 0.25) is 5.95 Å². The summed E-state index contributed by atoms with van der Waals surface area (Å²) in [6, 6.07) is 8.08. The van der Waals surface area contributed by atoms with E-state index in [1.54, 1.807) is 0 Å². The standard InChI is InChI=1S/C16H20N8/c1-22(2)15-11-5-3-4-6-12(11)18-16(19-15)23-7-8-24-13(9-17)20-21-14(24)10-23/h3-6H,7-10,17H2,1-2H3. The van der Waals surface area contributed by atoms with Crippen molar-refractivity contribution >= 4 is 22.7 Å². The van der Waals surface area contributed by atoms with Gasteiger partial charge in [0.15, 0.2) is 5.82 Å². The molecule has 2 aromatic heterocycles. The molecule has 0 amide bonds. The molecule has 8 heteroatoms. The minimum Gasteiger partial charge on any atom is -0.362 e. The molecule has 0 saturated heterocycles. The summed E-state index contributed by atoms with van der Waals surface area (Å²) in [6.45, 7) is 2.65. The number of benzene rings is 1. The van der Waals surface area contributed by atoms with Gasteiger partial charge in [-0.2, -0.15) is 4.98 Å². The zero-order valence-corrected chi connectivity index (χ0v) is 13.8. The van der Waals surface area contributed by atoms with Gasteiger partial charge in [-0.15, -0.1) is 10.2 Å². The van der Waals surface area contributed by atoms with E-state index in [-0.39, 0.29) is 0 Å². The number of nitrogens with zero attached hydrogens (tertiary/aromatic N) is 7. The van der Waals surface area contributed by atoms with E-state index in [4.69, 9.17) is 15.7 Å². The number of rotatable bonds is 3. The van der Waals surface area contributed by atoms with E-state index in [9.17, 15) is 0 Å². The minimum absolute atomic E-state index is 0.407. The second kappa shape index (κ2) is 5.72. The van der Waals surface area contributed by atoms with Crippen LogP contribution >= 0.6 is 0 Å². The molecule has 1 aliphatic heterocycles. The first-order valence-electron chi connectivity index (χ1n) is 7.97. The van der Waals surface area contributed by atoms with Gasteiger partial charge in [-0.1, -0.05) is 12.1 Å². The topological polar surface area (TPSA) is 89.0 Å². The Morgan fingerprint density at radius 2 is 1.96 bits per heavy atom. The highest BCUT2D eigenvalue weighted by molar-refractivity contribution is 5.90. The Labute approximate surface area is 139 Å². The maximum atomic E-state index is 5.71. The fourth-order valence-corrected chi connectivity index (χ4v) is 3.07. The van der Waals surface area contributed by atoms with Crippen molar-refractivity contribution < 1.29 is 0 Å². The first-order valence-corrected chi connectivity index (χ1v) is 7.97. The molecule has 1 aliphatic rings. The van der Waals surface area contributed by atoms with Crippen LogP contribution in [-0.4, -0.2) is 45.4 Å². The number of anilines is 2. The van der Waals surface area contributed by atoms with E-state index in [2.05, 4.69) is 25.7 Å². The highest BCUT2D eigenvalue weighted by Gasteiger charge is 2.23. The SMILES string of the molecule is CN(C)c1nc(N2CCn3c(CN)nnc3C2)nc2ccccc12. The average Bonchev–Trinajstić information content (AvgIpc) is 3.02. The zero-order valence-electron chi connectivity index (χ0n) is 13.8. The van der Waals surface area contributed by atoms with E-state index in [0.717, 1.165) is 47.4 Å². The molecule has 0 spiro atoms. The van der Waals surface area contributed by atoms with Crippen molar-refractivity contribution in [3.05, 3.63) is 35.9 Å². The molecular formula is C16H20N8. The van der Waals surface area contributed by atoms with Crippen LogP contribution in [0.2, 0.25) is 0 Å². The van der Waals surface area contributed by atoms with E-state index in [1.165, 1.54) is 0 Å². The fraction of sp³-hybridized carbons (Fsp3) is 0.375. The molecule has 0 bridgehead atoms. The van der Waals surface area contributed by atoms with Crippen LogP contribution in [0, 0.1) is 0 Å². The lowest BCUT2D eigenvalue weighted by molar-refractivity contribution is 0.536. The summed E-state index contributed by atoms with van der Waals surface area (Å²) in [5.41, 5.74) is 6.66. The van der Waals surface area contributed by atoms with Gasteiger partial charge in [-0.25, -0.2) is 4.98 Å². The lowest BCUT2D eigenvalue weighted by atomic mass is 10.2. The van der Waals surface area contributed by atoms with Crippen molar-refractivity contribution in [1.29, 1.82) is 0 Å². The lowest BCUT2D eigenvalue weighted by Crippen LogP contribution is -2.36. The van der Waals surface area contributed by atoms with Gasteiger partial charge in [0.05, 0.1) is 18.6 Å². The normalized spacial score (nSPS) is 14.0. The summed E-state index contributed by atoms with van der Waals surface area (Å²) >= 11 is 0. The third-order valence-corrected chi connectivity index (χ3v) is 4.29. The molecule has 8 nitrogen and oxygen atoms in total. The van der Waals surface area contributed by atoms with Crippen LogP contribution in [0.4, 0.5) is 11.8 Å². The molecule has 3 aromatic rings. The molecule has 0 unspecified atom stereocenters. The monoisotopic (exact) mass is 324 g/mol. The maximum absolute atomic E-state index is 5.71. The first kappa shape index (κ1) is 14.8. The van der Waals surface area contributed by atoms with Crippen LogP contribution in [-0.2, 0) is 19.6 Å². The maximum Gasteiger partial charge on any atom is 0.228 e. The molecule has 0 fully saturated rings. The Morgan fingerprint density at radius 3 is 2.75 bits per heavy atom. The van der Waals surface area contributed by atoms with Crippen LogP contribution in [0.15, 0.2) is 24.3 Å². The molecular weight excluding hydrogens is 304 g/mol. The van der Waals surface area contributed by atoms with Crippen molar-refractivity contribution in [1.82, 2.24) is 24.7 Å². The fourth-order valence-electron chi connectivity index (χ4n) is 3.07. The van der Waals surface area contributed by atoms with E-state index in [1.807, 2.05) is 37.2 Å². The summed E-state index contributed by atoms with van der Waals surface area (Å²) in [4.78, 5) is 13.7. The summed E-state index contributed by atoms with van der Waals surface area (Å²) < 4.78 is 2.09. The smallest absolute Gasteiger partial charge is 0.228 e. The number of aromatic nitrogens is 5. The van der Waals surface area contributed by atoms with Crippen LogP contribution in [0.3, 0.4) is 0 Å². The Balaban J connectivity index is 1.74. The Hall–Kier alpha value is -2.74. The summed E-state index contributed by atoms with van der Waals surface area (Å²) in [6.07, 6.45) is 0.